The number of likely N-dealkylation sites (N-methyl/N-ethyl adjacent to an activating group) is 1. The summed E-state index contributed by atoms with van der Waals surface area (Å²) in [7, 11) is 2.18. The third-order valence-electron chi connectivity index (χ3n) is 6.33. The minimum Gasteiger partial charge on any atom is -0.402 e. The lowest BCUT2D eigenvalue weighted by Gasteiger charge is -2.20. The highest BCUT2D eigenvalue weighted by Gasteiger charge is 2.17. The highest BCUT2D eigenvalue weighted by Crippen LogP contribution is 2.31. The van der Waals surface area contributed by atoms with Gasteiger partial charge in [-0.25, -0.2) is 0 Å². The topological polar surface area (TPSA) is 68.4 Å². The van der Waals surface area contributed by atoms with Crippen molar-refractivity contribution in [2.45, 2.75) is 53.6 Å². The fourth-order valence-electron chi connectivity index (χ4n) is 4.55. The Bertz CT molecular complexity index is 1080. The van der Waals surface area contributed by atoms with Crippen molar-refractivity contribution in [3.63, 3.8) is 0 Å². The van der Waals surface area contributed by atoms with E-state index >= 15 is 0 Å². The van der Waals surface area contributed by atoms with Gasteiger partial charge in [0.25, 0.3) is 0 Å². The minimum absolute atomic E-state index is 0.279. The van der Waals surface area contributed by atoms with Crippen LogP contribution < -0.4 is 11.1 Å². The van der Waals surface area contributed by atoms with E-state index < -0.39 is 0 Å². The van der Waals surface area contributed by atoms with Gasteiger partial charge in [0, 0.05) is 48.8 Å². The predicted octanol–water partition coefficient (Wildman–Crippen LogP) is 5.62. The summed E-state index contributed by atoms with van der Waals surface area (Å²) in [5, 5.41) is 11.7. The molecule has 1 aliphatic heterocycles. The predicted molar refractivity (Wildman–Crippen MR) is 146 cm³/mol. The molecule has 0 aromatic heterocycles. The van der Waals surface area contributed by atoms with Crippen molar-refractivity contribution >= 4 is 11.9 Å². The van der Waals surface area contributed by atoms with Crippen LogP contribution in [0.2, 0.25) is 0 Å². The normalized spacial score (nSPS) is 16.1. The van der Waals surface area contributed by atoms with Crippen molar-refractivity contribution in [1.82, 2.24) is 9.80 Å². The number of nitrogens with zero attached hydrogens (tertiary/aromatic N) is 2. The van der Waals surface area contributed by atoms with Gasteiger partial charge < -0.3 is 16.5 Å². The molecule has 5 nitrogen and oxygen atoms in total. The van der Waals surface area contributed by atoms with E-state index in [1.165, 1.54) is 34.1 Å². The molecule has 4 N–H and O–H groups in total. The Morgan fingerprint density at radius 1 is 1.12 bits per heavy atom. The first kappa shape index (κ1) is 25.7. The summed E-state index contributed by atoms with van der Waals surface area (Å²) in [6, 6.07) is 13.6. The van der Waals surface area contributed by atoms with Crippen LogP contribution in [-0.2, 0) is 13.0 Å². The molecular formula is C29H41N5. The zero-order chi connectivity index (χ0) is 24.8. The molecule has 2 aromatic rings. The number of hydrogen-bond donors (Lipinski definition) is 3. The quantitative estimate of drug-likeness (QED) is 0.336. The SMILES string of the molecule is C/C(N)=C/C(C)=C(\C)Cc1cc(-c2cccc(CN3CCN(C)C3)c2)cc(NC(C)C)c1C=N. The third kappa shape index (κ3) is 6.81. The molecule has 182 valence electrons. The number of benzene rings is 2. The number of allylic oxidation sites excluding steroid dienone is 4. The number of nitrogens with two attached hydrogens (primary N) is 1. The first-order valence-electron chi connectivity index (χ1n) is 12.2. The number of anilines is 1. The zero-order valence-corrected chi connectivity index (χ0v) is 21.7. The second-order valence-electron chi connectivity index (χ2n) is 10.0. The first-order chi connectivity index (χ1) is 16.2. The van der Waals surface area contributed by atoms with Gasteiger partial charge in [-0.05, 0) is 88.5 Å². The Morgan fingerprint density at radius 3 is 2.50 bits per heavy atom. The van der Waals surface area contributed by atoms with Crippen LogP contribution in [0.1, 0.15) is 51.3 Å². The summed E-state index contributed by atoms with van der Waals surface area (Å²) in [6.07, 6.45) is 4.29. The van der Waals surface area contributed by atoms with Crippen LogP contribution in [0.15, 0.2) is 59.3 Å². The lowest BCUT2D eigenvalue weighted by atomic mass is 9.92. The largest absolute Gasteiger partial charge is 0.402 e. The first-order valence-corrected chi connectivity index (χ1v) is 12.2. The molecule has 0 bridgehead atoms. The number of rotatable bonds is 9. The van der Waals surface area contributed by atoms with Crippen molar-refractivity contribution in [2.75, 3.05) is 32.1 Å². The standard InChI is InChI=1S/C29H41N5/c1-20(2)32-29-16-26(15-27(28(29)17-30)13-22(4)21(3)12-23(5)31)25-9-7-8-24(14-25)18-34-11-10-33(6)19-34/h7-9,12,14-17,20,30,32H,10-11,13,18-19,31H2,1-6H3/b22-21+,23-12-,30-17?. The molecule has 1 fully saturated rings. The summed E-state index contributed by atoms with van der Waals surface area (Å²) in [4.78, 5) is 4.84. The second kappa shape index (κ2) is 11.5. The van der Waals surface area contributed by atoms with Gasteiger partial charge in [0.05, 0.1) is 6.67 Å². The van der Waals surface area contributed by atoms with Crippen LogP contribution in [0.4, 0.5) is 5.69 Å². The summed E-state index contributed by atoms with van der Waals surface area (Å²) in [6.45, 7) is 14.7. The van der Waals surface area contributed by atoms with Crippen molar-refractivity contribution in [3.05, 3.63) is 76.0 Å². The molecular weight excluding hydrogens is 418 g/mol. The van der Waals surface area contributed by atoms with E-state index in [4.69, 9.17) is 11.1 Å². The maximum absolute atomic E-state index is 8.16. The van der Waals surface area contributed by atoms with Gasteiger partial charge >= 0.3 is 0 Å². The summed E-state index contributed by atoms with van der Waals surface area (Å²) in [5.74, 6) is 0. The molecule has 0 amide bonds. The maximum Gasteiger partial charge on any atom is 0.0507 e. The van der Waals surface area contributed by atoms with E-state index in [1.807, 2.05) is 13.0 Å². The molecule has 0 radical (unpaired) electrons. The molecule has 1 saturated heterocycles. The summed E-state index contributed by atoms with van der Waals surface area (Å²) >= 11 is 0. The van der Waals surface area contributed by atoms with Crippen LogP contribution in [0, 0.1) is 5.41 Å². The second-order valence-corrected chi connectivity index (χ2v) is 10.0. The summed E-state index contributed by atoms with van der Waals surface area (Å²) in [5.41, 5.74) is 16.0. The molecule has 1 heterocycles. The Balaban J connectivity index is 2.02. The van der Waals surface area contributed by atoms with Crippen LogP contribution in [-0.4, -0.2) is 48.9 Å². The van der Waals surface area contributed by atoms with Crippen LogP contribution in [0.25, 0.3) is 11.1 Å². The fraction of sp³-hybridized carbons (Fsp3) is 0.414. The fourth-order valence-corrected chi connectivity index (χ4v) is 4.55. The van der Waals surface area contributed by atoms with Gasteiger partial charge in [-0.2, -0.15) is 0 Å². The minimum atomic E-state index is 0.279. The van der Waals surface area contributed by atoms with Crippen molar-refractivity contribution < 1.29 is 0 Å². The van der Waals surface area contributed by atoms with E-state index in [0.29, 0.717) is 0 Å². The monoisotopic (exact) mass is 459 g/mol. The van der Waals surface area contributed by atoms with E-state index in [1.54, 1.807) is 0 Å². The lowest BCUT2D eigenvalue weighted by Crippen LogP contribution is -2.22. The van der Waals surface area contributed by atoms with Gasteiger partial charge in [-0.15, -0.1) is 0 Å². The van der Waals surface area contributed by atoms with E-state index in [9.17, 15) is 0 Å². The van der Waals surface area contributed by atoms with Gasteiger partial charge in [0.1, 0.15) is 0 Å². The smallest absolute Gasteiger partial charge is 0.0507 e. The highest BCUT2D eigenvalue weighted by molar-refractivity contribution is 5.90. The number of nitrogens with one attached hydrogen (secondary N) is 2. The van der Waals surface area contributed by atoms with Gasteiger partial charge in [0.15, 0.2) is 0 Å². The van der Waals surface area contributed by atoms with Gasteiger partial charge in [-0.1, -0.05) is 35.4 Å². The molecule has 34 heavy (non-hydrogen) atoms. The zero-order valence-electron chi connectivity index (χ0n) is 21.7. The Labute approximate surface area is 205 Å². The van der Waals surface area contributed by atoms with E-state index in [2.05, 4.69) is 86.3 Å². The maximum atomic E-state index is 8.16. The lowest BCUT2D eigenvalue weighted by molar-refractivity contribution is 0.268. The molecule has 0 aliphatic carbocycles. The van der Waals surface area contributed by atoms with Crippen molar-refractivity contribution in [3.8, 4) is 11.1 Å². The summed E-state index contributed by atoms with van der Waals surface area (Å²) < 4.78 is 0. The molecule has 0 spiro atoms. The molecule has 1 aliphatic rings. The van der Waals surface area contributed by atoms with Crippen molar-refractivity contribution in [1.29, 1.82) is 5.41 Å². The third-order valence-corrected chi connectivity index (χ3v) is 6.33. The molecule has 3 rings (SSSR count). The Morgan fingerprint density at radius 2 is 1.88 bits per heavy atom. The average molecular weight is 460 g/mol. The molecule has 0 atom stereocenters. The highest BCUT2D eigenvalue weighted by atomic mass is 15.4. The van der Waals surface area contributed by atoms with Crippen LogP contribution in [0.5, 0.6) is 0 Å². The molecule has 0 unspecified atom stereocenters. The van der Waals surface area contributed by atoms with Gasteiger partial charge in [0.2, 0.25) is 0 Å². The molecule has 2 aromatic carbocycles. The number of hydrogen-bond acceptors (Lipinski definition) is 5. The molecule has 5 heteroatoms. The Hall–Kier alpha value is -2.89. The van der Waals surface area contributed by atoms with Gasteiger partial charge in [-0.3, -0.25) is 9.80 Å². The molecule has 0 saturated carbocycles. The Kier molecular flexibility index (Phi) is 8.70. The average Bonchev–Trinajstić information content (AvgIpc) is 3.17. The van der Waals surface area contributed by atoms with Crippen molar-refractivity contribution in [2.24, 2.45) is 5.73 Å². The van der Waals surface area contributed by atoms with Crippen LogP contribution in [0.3, 0.4) is 0 Å². The van der Waals surface area contributed by atoms with E-state index in [-0.39, 0.29) is 6.04 Å². The van der Waals surface area contributed by atoms with E-state index in [0.717, 1.165) is 55.2 Å². The van der Waals surface area contributed by atoms with Crippen LogP contribution >= 0.6 is 0 Å².